The van der Waals surface area contributed by atoms with Crippen LogP contribution in [0.2, 0.25) is 0 Å². The molecule has 0 saturated carbocycles. The molecule has 0 spiro atoms. The van der Waals surface area contributed by atoms with Crippen molar-refractivity contribution in [3.8, 4) is 0 Å². The van der Waals surface area contributed by atoms with Crippen LogP contribution in [0.5, 0.6) is 0 Å². The summed E-state index contributed by atoms with van der Waals surface area (Å²) < 4.78 is 1.34. The van der Waals surface area contributed by atoms with Crippen LogP contribution in [0, 0.1) is 6.92 Å². The summed E-state index contributed by atoms with van der Waals surface area (Å²) in [5.74, 6) is -0.443. The second kappa shape index (κ2) is 8.28. The molecule has 0 fully saturated rings. The average molecular weight is 341 g/mol. The van der Waals surface area contributed by atoms with E-state index >= 15 is 0 Å². The van der Waals surface area contributed by atoms with Gasteiger partial charge in [0.05, 0.1) is 0 Å². The molecule has 1 aromatic carbocycles. The number of hydrogen-bond donors (Lipinski definition) is 2. The van der Waals surface area contributed by atoms with Gasteiger partial charge in [0.25, 0.3) is 11.5 Å². The molecule has 0 aliphatic heterocycles. The van der Waals surface area contributed by atoms with Crippen LogP contribution in [0.1, 0.15) is 36.2 Å². The maximum atomic E-state index is 12.1. The first kappa shape index (κ1) is 18.4. The van der Waals surface area contributed by atoms with E-state index in [-0.39, 0.29) is 30.0 Å². The molecule has 2 amide bonds. The van der Waals surface area contributed by atoms with Crippen LogP contribution >= 0.6 is 0 Å². The third-order valence-electron chi connectivity index (χ3n) is 3.89. The van der Waals surface area contributed by atoms with Crippen molar-refractivity contribution in [3.63, 3.8) is 0 Å². The monoisotopic (exact) mass is 341 g/mol. The van der Waals surface area contributed by atoms with E-state index in [2.05, 4.69) is 10.6 Å². The fraction of sp³-hybridized carbons (Fsp3) is 0.316. The number of nitrogens with zero attached hydrogens (tertiary/aromatic N) is 1. The highest BCUT2D eigenvalue weighted by molar-refractivity contribution is 5.95. The van der Waals surface area contributed by atoms with Crippen molar-refractivity contribution in [1.82, 2.24) is 9.88 Å². The van der Waals surface area contributed by atoms with Crippen molar-refractivity contribution < 1.29 is 9.59 Å². The predicted molar refractivity (Wildman–Crippen MR) is 97.7 cm³/mol. The lowest BCUT2D eigenvalue weighted by atomic mass is 10.1. The highest BCUT2D eigenvalue weighted by atomic mass is 16.2. The van der Waals surface area contributed by atoms with Crippen LogP contribution in [-0.2, 0) is 11.3 Å². The number of anilines is 1. The van der Waals surface area contributed by atoms with Crippen LogP contribution in [-0.4, -0.2) is 22.4 Å². The Morgan fingerprint density at radius 2 is 1.84 bits per heavy atom. The quantitative estimate of drug-likeness (QED) is 0.846. The number of rotatable bonds is 6. The Bertz CT molecular complexity index is 809. The second-order valence-electron chi connectivity index (χ2n) is 6.08. The van der Waals surface area contributed by atoms with Crippen LogP contribution in [0.25, 0.3) is 0 Å². The first-order valence-corrected chi connectivity index (χ1v) is 8.27. The van der Waals surface area contributed by atoms with Crippen molar-refractivity contribution >= 4 is 17.5 Å². The van der Waals surface area contributed by atoms with Gasteiger partial charge in [-0.05, 0) is 56.2 Å². The zero-order valence-electron chi connectivity index (χ0n) is 14.7. The van der Waals surface area contributed by atoms with Gasteiger partial charge >= 0.3 is 0 Å². The van der Waals surface area contributed by atoms with Gasteiger partial charge in [-0.2, -0.15) is 0 Å². The molecule has 25 heavy (non-hydrogen) atoms. The first-order valence-electron chi connectivity index (χ1n) is 8.27. The van der Waals surface area contributed by atoms with Crippen LogP contribution in [0.3, 0.4) is 0 Å². The van der Waals surface area contributed by atoms with E-state index in [9.17, 15) is 14.4 Å². The number of carbonyl (C=O) groups excluding carboxylic acids is 2. The number of amides is 2. The number of aromatic nitrogens is 1. The van der Waals surface area contributed by atoms with Crippen molar-refractivity contribution in [2.75, 3.05) is 5.32 Å². The summed E-state index contributed by atoms with van der Waals surface area (Å²) >= 11 is 0. The molecule has 1 aromatic heterocycles. The summed E-state index contributed by atoms with van der Waals surface area (Å²) in [5.41, 5.74) is 1.75. The fourth-order valence-electron chi connectivity index (χ4n) is 2.21. The lowest BCUT2D eigenvalue weighted by Crippen LogP contribution is -2.31. The topological polar surface area (TPSA) is 80.2 Å². The zero-order valence-corrected chi connectivity index (χ0v) is 14.7. The van der Waals surface area contributed by atoms with Crippen LogP contribution in [0.15, 0.2) is 47.4 Å². The van der Waals surface area contributed by atoms with Crippen molar-refractivity contribution in [2.24, 2.45) is 0 Å². The van der Waals surface area contributed by atoms with Crippen molar-refractivity contribution in [1.29, 1.82) is 0 Å². The smallest absolute Gasteiger partial charge is 0.251 e. The van der Waals surface area contributed by atoms with Crippen molar-refractivity contribution in [2.45, 2.75) is 39.8 Å². The number of benzene rings is 1. The lowest BCUT2D eigenvalue weighted by molar-refractivity contribution is -0.116. The minimum absolute atomic E-state index is 0.0602. The van der Waals surface area contributed by atoms with E-state index in [1.54, 1.807) is 36.5 Å². The summed E-state index contributed by atoms with van der Waals surface area (Å²) in [4.78, 5) is 35.9. The highest BCUT2D eigenvalue weighted by Gasteiger charge is 2.09. The Morgan fingerprint density at radius 3 is 2.44 bits per heavy atom. The third-order valence-corrected chi connectivity index (χ3v) is 3.89. The van der Waals surface area contributed by atoms with Crippen LogP contribution < -0.4 is 16.2 Å². The Hall–Kier alpha value is -2.89. The molecule has 0 bridgehead atoms. The van der Waals surface area contributed by atoms with Gasteiger partial charge in [0.2, 0.25) is 5.91 Å². The molecule has 1 unspecified atom stereocenters. The molecule has 0 aliphatic rings. The van der Waals surface area contributed by atoms with E-state index < -0.39 is 0 Å². The van der Waals surface area contributed by atoms with Gasteiger partial charge in [-0.3, -0.25) is 14.4 Å². The molecule has 1 heterocycles. The van der Waals surface area contributed by atoms with E-state index in [1.165, 1.54) is 10.6 Å². The number of hydrogen-bond acceptors (Lipinski definition) is 3. The molecule has 6 heteroatoms. The molecule has 0 radical (unpaired) electrons. The molecule has 2 rings (SSSR count). The van der Waals surface area contributed by atoms with Crippen LogP contribution in [0.4, 0.5) is 5.69 Å². The highest BCUT2D eigenvalue weighted by Crippen LogP contribution is 2.10. The summed E-state index contributed by atoms with van der Waals surface area (Å²) in [6.07, 6.45) is 2.46. The molecule has 6 nitrogen and oxygen atoms in total. The van der Waals surface area contributed by atoms with E-state index in [4.69, 9.17) is 0 Å². The SMILES string of the molecule is CCC(C)NC(=O)c1ccc(NC(=O)Cn2ccc(C)cc2=O)cc1. The molecular weight excluding hydrogens is 318 g/mol. The zero-order chi connectivity index (χ0) is 18.4. The Kier molecular flexibility index (Phi) is 6.11. The Labute approximate surface area is 146 Å². The summed E-state index contributed by atoms with van der Waals surface area (Å²) in [7, 11) is 0. The van der Waals surface area contributed by atoms with Gasteiger partial charge in [-0.25, -0.2) is 0 Å². The molecule has 132 valence electrons. The number of carbonyl (C=O) groups is 2. The van der Waals surface area contributed by atoms with E-state index in [0.29, 0.717) is 11.3 Å². The number of pyridine rings is 1. The Morgan fingerprint density at radius 1 is 1.16 bits per heavy atom. The summed E-state index contributed by atoms with van der Waals surface area (Å²) in [5, 5.41) is 5.61. The lowest BCUT2D eigenvalue weighted by Gasteiger charge is -2.12. The van der Waals surface area contributed by atoms with E-state index in [0.717, 1.165) is 12.0 Å². The molecule has 2 aromatic rings. The number of aryl methyl sites for hydroxylation is 1. The third kappa shape index (κ3) is 5.31. The Balaban J connectivity index is 1.97. The predicted octanol–water partition coefficient (Wildman–Crippen LogP) is 2.32. The average Bonchev–Trinajstić information content (AvgIpc) is 2.57. The molecule has 1 atom stereocenters. The minimum atomic E-state index is -0.303. The molecule has 2 N–H and O–H groups in total. The molecular formula is C19H23N3O3. The van der Waals surface area contributed by atoms with E-state index in [1.807, 2.05) is 20.8 Å². The fourth-order valence-corrected chi connectivity index (χ4v) is 2.21. The van der Waals surface area contributed by atoms with Gasteiger partial charge in [-0.1, -0.05) is 6.92 Å². The number of nitrogens with one attached hydrogen (secondary N) is 2. The first-order chi connectivity index (χ1) is 11.9. The standard InChI is InChI=1S/C19H23N3O3/c1-4-14(3)20-19(25)15-5-7-16(8-6-15)21-17(23)12-22-10-9-13(2)11-18(22)24/h5-11,14H,4,12H2,1-3H3,(H,20,25)(H,21,23). The van der Waals surface area contributed by atoms with Gasteiger partial charge in [0.15, 0.2) is 0 Å². The maximum Gasteiger partial charge on any atom is 0.251 e. The summed E-state index contributed by atoms with van der Waals surface area (Å²) in [6, 6.07) is 10.0. The minimum Gasteiger partial charge on any atom is -0.350 e. The van der Waals surface area contributed by atoms with Crippen molar-refractivity contribution in [3.05, 3.63) is 64.1 Å². The van der Waals surface area contributed by atoms with Gasteiger partial charge in [0.1, 0.15) is 6.54 Å². The largest absolute Gasteiger partial charge is 0.350 e. The normalized spacial score (nSPS) is 11.6. The van der Waals surface area contributed by atoms with Gasteiger partial charge in [-0.15, -0.1) is 0 Å². The maximum absolute atomic E-state index is 12.1. The summed E-state index contributed by atoms with van der Waals surface area (Å²) in [6.45, 7) is 5.71. The van der Waals surface area contributed by atoms with Gasteiger partial charge < -0.3 is 15.2 Å². The second-order valence-corrected chi connectivity index (χ2v) is 6.08. The molecule has 0 saturated heterocycles. The molecule has 0 aliphatic carbocycles. The van der Waals surface area contributed by atoms with Gasteiger partial charge in [0, 0.05) is 29.6 Å².